The minimum Gasteiger partial charge on any atom is -0.441 e. The molecule has 1 atom stereocenters. The Kier molecular flexibility index (Phi) is 3.48. The van der Waals surface area contributed by atoms with E-state index in [1.54, 1.807) is 22.6 Å². The topological polar surface area (TPSA) is 49.8 Å². The molecule has 0 radical (unpaired) electrons. The minimum absolute atomic E-state index is 0.00624. The van der Waals surface area contributed by atoms with Crippen LogP contribution in [0, 0.1) is 15.2 Å². The predicted octanol–water partition coefficient (Wildman–Crippen LogP) is 1.89. The molecule has 1 heterocycles. The van der Waals surface area contributed by atoms with Crippen LogP contribution in [0.5, 0.6) is 0 Å². The number of cyclic esters (lactones) is 1. The molecule has 92 valence electrons. The molecule has 1 saturated heterocycles. The summed E-state index contributed by atoms with van der Waals surface area (Å²) >= 11 is 1.66. The molecule has 1 unspecified atom stereocenters. The third-order valence-electron chi connectivity index (χ3n) is 2.38. The Balaban J connectivity index is 2.35. The van der Waals surface area contributed by atoms with Crippen LogP contribution < -0.4 is 4.90 Å². The normalized spacial score (nSPS) is 19.6. The first kappa shape index (κ1) is 12.5. The van der Waals surface area contributed by atoms with Gasteiger partial charge in [0.05, 0.1) is 22.4 Å². The Morgan fingerprint density at radius 2 is 2.18 bits per heavy atom. The first-order valence-corrected chi connectivity index (χ1v) is 5.85. The summed E-state index contributed by atoms with van der Waals surface area (Å²) in [7, 11) is 0. The van der Waals surface area contributed by atoms with E-state index in [1.807, 2.05) is 0 Å². The number of ether oxygens (including phenoxy) is 1. The number of halogens is 3. The molecule has 1 aliphatic rings. The van der Waals surface area contributed by atoms with Gasteiger partial charge in [-0.15, -0.1) is 0 Å². The van der Waals surface area contributed by atoms with Gasteiger partial charge in [0.15, 0.2) is 11.6 Å². The van der Waals surface area contributed by atoms with Crippen LogP contribution in [0.1, 0.15) is 0 Å². The molecule has 0 aromatic heterocycles. The quantitative estimate of drug-likeness (QED) is 0.651. The Labute approximate surface area is 109 Å². The number of benzene rings is 1. The molecule has 2 rings (SSSR count). The van der Waals surface area contributed by atoms with E-state index < -0.39 is 23.8 Å². The lowest BCUT2D eigenvalue weighted by atomic mass is 10.2. The van der Waals surface area contributed by atoms with Gasteiger partial charge in [-0.1, -0.05) is 0 Å². The highest BCUT2D eigenvalue weighted by Crippen LogP contribution is 2.28. The van der Waals surface area contributed by atoms with Gasteiger partial charge in [-0.2, -0.15) is 0 Å². The van der Waals surface area contributed by atoms with E-state index in [0.717, 1.165) is 4.90 Å². The molecule has 1 amide bonds. The van der Waals surface area contributed by atoms with Crippen LogP contribution in [0.3, 0.4) is 0 Å². The first-order chi connectivity index (χ1) is 8.04. The second-order valence-electron chi connectivity index (χ2n) is 3.49. The van der Waals surface area contributed by atoms with Crippen molar-refractivity contribution in [1.29, 1.82) is 0 Å². The van der Waals surface area contributed by atoms with Crippen molar-refractivity contribution in [3.63, 3.8) is 0 Å². The number of rotatable bonds is 2. The number of amides is 1. The molecule has 0 spiro atoms. The zero-order valence-electron chi connectivity index (χ0n) is 8.49. The summed E-state index contributed by atoms with van der Waals surface area (Å²) in [6, 6.07) is 2.68. The zero-order chi connectivity index (χ0) is 12.6. The summed E-state index contributed by atoms with van der Waals surface area (Å²) in [4.78, 5) is 12.4. The SMILES string of the molecule is O=C1OC(CO)CN1c1ccc(I)c(F)c1F. The van der Waals surface area contributed by atoms with Crippen molar-refractivity contribution in [2.45, 2.75) is 6.10 Å². The molecular weight excluding hydrogens is 347 g/mol. The van der Waals surface area contributed by atoms with E-state index in [2.05, 4.69) is 0 Å². The smallest absolute Gasteiger partial charge is 0.414 e. The molecule has 0 aliphatic carbocycles. The standard InChI is InChI=1S/C10H8F2INO3/c11-8-6(13)1-2-7(9(8)12)14-3-5(4-15)17-10(14)16/h1-2,5,15H,3-4H2. The second kappa shape index (κ2) is 4.73. The summed E-state index contributed by atoms with van der Waals surface area (Å²) in [5.41, 5.74) is -0.177. The number of aliphatic hydroxyl groups excluding tert-OH is 1. The highest BCUT2D eigenvalue weighted by Gasteiger charge is 2.34. The predicted molar refractivity (Wildman–Crippen MR) is 63.8 cm³/mol. The molecule has 1 aromatic rings. The lowest BCUT2D eigenvalue weighted by molar-refractivity contribution is 0.0963. The number of hydrogen-bond donors (Lipinski definition) is 1. The van der Waals surface area contributed by atoms with E-state index in [4.69, 9.17) is 9.84 Å². The summed E-state index contributed by atoms with van der Waals surface area (Å²) < 4.78 is 31.9. The third kappa shape index (κ3) is 2.21. The Morgan fingerprint density at radius 3 is 2.76 bits per heavy atom. The minimum atomic E-state index is -1.09. The fourth-order valence-electron chi connectivity index (χ4n) is 1.54. The van der Waals surface area contributed by atoms with Crippen molar-refractivity contribution in [3.05, 3.63) is 27.3 Å². The molecule has 7 heteroatoms. The Bertz CT molecular complexity index is 469. The molecule has 17 heavy (non-hydrogen) atoms. The summed E-state index contributed by atoms with van der Waals surface area (Å²) in [6.45, 7) is -0.344. The maximum Gasteiger partial charge on any atom is 0.414 e. The van der Waals surface area contributed by atoms with Crippen LogP contribution in [0.15, 0.2) is 12.1 Å². The van der Waals surface area contributed by atoms with Gasteiger partial charge >= 0.3 is 6.09 Å². The first-order valence-electron chi connectivity index (χ1n) is 4.77. The van der Waals surface area contributed by atoms with Crippen LogP contribution >= 0.6 is 22.6 Å². The number of carbonyl (C=O) groups excluding carboxylic acids is 1. The van der Waals surface area contributed by atoms with Gasteiger partial charge in [0.2, 0.25) is 0 Å². The van der Waals surface area contributed by atoms with Crippen molar-refractivity contribution in [2.75, 3.05) is 18.1 Å². The fourth-order valence-corrected chi connectivity index (χ4v) is 1.95. The molecule has 1 N–H and O–H groups in total. The van der Waals surface area contributed by atoms with Gasteiger partial charge in [0.1, 0.15) is 6.10 Å². The van der Waals surface area contributed by atoms with Crippen molar-refractivity contribution in [1.82, 2.24) is 0 Å². The van der Waals surface area contributed by atoms with Gasteiger partial charge < -0.3 is 9.84 Å². The largest absolute Gasteiger partial charge is 0.441 e. The van der Waals surface area contributed by atoms with Crippen LogP contribution in [0.2, 0.25) is 0 Å². The maximum absolute atomic E-state index is 13.6. The lowest BCUT2D eigenvalue weighted by Gasteiger charge is -2.14. The monoisotopic (exact) mass is 355 g/mol. The number of nitrogens with zero attached hydrogens (tertiary/aromatic N) is 1. The molecule has 0 saturated carbocycles. The van der Waals surface area contributed by atoms with Crippen LogP contribution in [0.4, 0.5) is 19.3 Å². The molecule has 0 bridgehead atoms. The zero-order valence-corrected chi connectivity index (χ0v) is 10.6. The van der Waals surface area contributed by atoms with Gasteiger partial charge in [-0.3, -0.25) is 4.90 Å². The number of aliphatic hydroxyl groups is 1. The van der Waals surface area contributed by atoms with E-state index in [-0.39, 0.29) is 22.4 Å². The van der Waals surface area contributed by atoms with E-state index in [9.17, 15) is 13.6 Å². The van der Waals surface area contributed by atoms with Gasteiger partial charge in [-0.05, 0) is 34.7 Å². The molecular formula is C10H8F2INO3. The van der Waals surface area contributed by atoms with Crippen molar-refractivity contribution >= 4 is 34.4 Å². The van der Waals surface area contributed by atoms with Crippen LogP contribution in [0.25, 0.3) is 0 Å². The van der Waals surface area contributed by atoms with E-state index >= 15 is 0 Å². The average molecular weight is 355 g/mol. The lowest BCUT2D eigenvalue weighted by Crippen LogP contribution is -2.26. The van der Waals surface area contributed by atoms with Gasteiger partial charge in [0, 0.05) is 0 Å². The Morgan fingerprint density at radius 1 is 1.47 bits per heavy atom. The molecule has 1 fully saturated rings. The van der Waals surface area contributed by atoms with Crippen LogP contribution in [-0.4, -0.2) is 30.5 Å². The van der Waals surface area contributed by atoms with Gasteiger partial charge in [0.25, 0.3) is 0 Å². The highest BCUT2D eigenvalue weighted by molar-refractivity contribution is 14.1. The van der Waals surface area contributed by atoms with Gasteiger partial charge in [-0.25, -0.2) is 13.6 Å². The second-order valence-corrected chi connectivity index (χ2v) is 4.66. The van der Waals surface area contributed by atoms with Crippen molar-refractivity contribution in [2.24, 2.45) is 0 Å². The van der Waals surface area contributed by atoms with Crippen molar-refractivity contribution < 1.29 is 23.4 Å². The molecule has 1 aliphatic heterocycles. The molecule has 4 nitrogen and oxygen atoms in total. The fraction of sp³-hybridized carbons (Fsp3) is 0.300. The summed E-state index contributed by atoms with van der Waals surface area (Å²) in [5.74, 6) is -2.09. The summed E-state index contributed by atoms with van der Waals surface area (Å²) in [6.07, 6.45) is -1.49. The highest BCUT2D eigenvalue weighted by atomic mass is 127. The van der Waals surface area contributed by atoms with Crippen LogP contribution in [-0.2, 0) is 4.74 Å². The Hall–Kier alpha value is -0.960. The number of carbonyl (C=O) groups is 1. The van der Waals surface area contributed by atoms with E-state index in [1.165, 1.54) is 12.1 Å². The molecule has 1 aromatic carbocycles. The third-order valence-corrected chi connectivity index (χ3v) is 3.22. The number of hydrogen-bond acceptors (Lipinski definition) is 3. The summed E-state index contributed by atoms with van der Waals surface area (Å²) in [5, 5.41) is 8.84. The average Bonchev–Trinajstić information content (AvgIpc) is 2.68. The number of anilines is 1. The van der Waals surface area contributed by atoms with E-state index in [0.29, 0.717) is 0 Å². The van der Waals surface area contributed by atoms with Crippen molar-refractivity contribution in [3.8, 4) is 0 Å². The maximum atomic E-state index is 13.6.